The average Bonchev–Trinajstić information content (AvgIpc) is 2.85. The fourth-order valence-electron chi connectivity index (χ4n) is 2.07. The van der Waals surface area contributed by atoms with E-state index in [1.165, 1.54) is 13.4 Å². The topological polar surface area (TPSA) is 109 Å². The number of aliphatic hydroxyl groups excluding tert-OH is 2. The maximum Gasteiger partial charge on any atom is 0.228 e. The van der Waals surface area contributed by atoms with Crippen LogP contribution in [-0.4, -0.2) is 63.1 Å². The lowest BCUT2D eigenvalue weighted by Gasteiger charge is -2.17. The van der Waals surface area contributed by atoms with Crippen LogP contribution < -0.4 is 10.1 Å². The molecule has 1 saturated heterocycles. The molecule has 1 fully saturated rings. The lowest BCUT2D eigenvalue weighted by Crippen LogP contribution is -2.25. The Balaban J connectivity index is 2.24. The van der Waals surface area contributed by atoms with Gasteiger partial charge in [-0.05, 0) is 22.6 Å². The molecule has 1 aromatic heterocycles. The number of aromatic nitrogens is 2. The SMILES string of the molecule is CN=C(I)c1c(N[C@H]2CC(O)[C@@H](CO)O2)ncnc1OC. The van der Waals surface area contributed by atoms with Crippen molar-refractivity contribution >= 4 is 32.1 Å². The Bertz CT molecular complexity index is 528. The second kappa shape index (κ2) is 7.29. The highest BCUT2D eigenvalue weighted by atomic mass is 127. The van der Waals surface area contributed by atoms with Crippen molar-refractivity contribution in [2.75, 3.05) is 26.1 Å². The van der Waals surface area contributed by atoms with E-state index in [1.54, 1.807) is 7.05 Å². The standard InChI is InChI=1S/C12H17IN4O4/c1-14-10(13)9-11(15-5-16-12(9)20-2)17-8-3-6(19)7(4-18)21-8/h5-8,18-19H,3-4H2,1-2H3,(H,15,16,17)/t6?,7-,8-/m1/s1. The minimum absolute atomic E-state index is 0.229. The number of anilines is 1. The summed E-state index contributed by atoms with van der Waals surface area (Å²) in [6.07, 6.45) is -0.0144. The zero-order valence-electron chi connectivity index (χ0n) is 11.7. The summed E-state index contributed by atoms with van der Waals surface area (Å²) in [5.74, 6) is 0.910. The van der Waals surface area contributed by atoms with E-state index in [0.29, 0.717) is 27.4 Å². The number of hydrogen-bond acceptors (Lipinski definition) is 8. The van der Waals surface area contributed by atoms with Gasteiger partial charge in [-0.1, -0.05) is 0 Å². The highest BCUT2D eigenvalue weighted by Gasteiger charge is 2.34. The van der Waals surface area contributed by atoms with Gasteiger partial charge in [-0.25, -0.2) is 9.97 Å². The molecule has 0 spiro atoms. The van der Waals surface area contributed by atoms with E-state index in [2.05, 4.69) is 42.9 Å². The number of nitrogens with one attached hydrogen (secondary N) is 1. The molecule has 0 aliphatic carbocycles. The number of nitrogens with zero attached hydrogens (tertiary/aromatic N) is 3. The maximum absolute atomic E-state index is 9.76. The van der Waals surface area contributed by atoms with Crippen molar-refractivity contribution in [3.05, 3.63) is 11.9 Å². The summed E-state index contributed by atoms with van der Waals surface area (Å²) in [6, 6.07) is 0. The number of aliphatic hydroxyl groups is 2. The second-order valence-corrected chi connectivity index (χ2v) is 5.44. The smallest absolute Gasteiger partial charge is 0.228 e. The summed E-state index contributed by atoms with van der Waals surface area (Å²) in [5.41, 5.74) is 0.633. The van der Waals surface area contributed by atoms with E-state index in [-0.39, 0.29) is 6.61 Å². The fourth-order valence-corrected chi connectivity index (χ4v) is 2.56. The van der Waals surface area contributed by atoms with Gasteiger partial charge in [0, 0.05) is 13.5 Å². The third-order valence-corrected chi connectivity index (χ3v) is 4.13. The van der Waals surface area contributed by atoms with E-state index in [9.17, 15) is 5.11 Å². The predicted octanol–water partition coefficient (Wildman–Crippen LogP) is 0.177. The monoisotopic (exact) mass is 408 g/mol. The molecule has 2 rings (SSSR count). The van der Waals surface area contributed by atoms with Crippen LogP contribution in [0.25, 0.3) is 0 Å². The second-order valence-electron chi connectivity index (χ2n) is 4.41. The minimum atomic E-state index is -0.710. The number of rotatable bonds is 5. The molecule has 1 aliphatic heterocycles. The van der Waals surface area contributed by atoms with Crippen molar-refractivity contribution in [2.45, 2.75) is 24.9 Å². The number of ether oxygens (including phenoxy) is 2. The van der Waals surface area contributed by atoms with Crippen LogP contribution in [0.4, 0.5) is 5.82 Å². The third-order valence-electron chi connectivity index (χ3n) is 3.11. The number of halogens is 1. The molecule has 3 atom stereocenters. The van der Waals surface area contributed by atoms with Crippen LogP contribution in [0.5, 0.6) is 5.88 Å². The van der Waals surface area contributed by atoms with Crippen LogP contribution in [0.2, 0.25) is 0 Å². The Labute approximate surface area is 135 Å². The quantitative estimate of drug-likeness (QED) is 0.471. The normalized spacial score (nSPS) is 26.0. The van der Waals surface area contributed by atoms with Crippen LogP contribution in [0.1, 0.15) is 12.0 Å². The largest absolute Gasteiger partial charge is 0.480 e. The molecule has 1 aromatic rings. The van der Waals surface area contributed by atoms with Crippen molar-refractivity contribution in [3.8, 4) is 5.88 Å². The van der Waals surface area contributed by atoms with Crippen molar-refractivity contribution < 1.29 is 19.7 Å². The van der Waals surface area contributed by atoms with E-state index in [4.69, 9.17) is 14.6 Å². The van der Waals surface area contributed by atoms with Gasteiger partial charge in [0.1, 0.15) is 33.8 Å². The summed E-state index contributed by atoms with van der Waals surface area (Å²) in [6.45, 7) is -0.229. The van der Waals surface area contributed by atoms with Gasteiger partial charge in [0.25, 0.3) is 0 Å². The molecule has 116 valence electrons. The molecule has 1 aliphatic rings. The van der Waals surface area contributed by atoms with Crippen molar-refractivity contribution in [1.29, 1.82) is 0 Å². The zero-order chi connectivity index (χ0) is 15.4. The maximum atomic E-state index is 9.76. The molecule has 0 bridgehead atoms. The predicted molar refractivity (Wildman–Crippen MR) is 85.1 cm³/mol. The molecular formula is C12H17IN4O4. The molecule has 0 radical (unpaired) electrons. The van der Waals surface area contributed by atoms with Crippen molar-refractivity contribution in [2.24, 2.45) is 4.99 Å². The summed E-state index contributed by atoms with van der Waals surface area (Å²) < 4.78 is 11.4. The Hall–Kier alpha value is -1.04. The number of methoxy groups -OCH3 is 1. The van der Waals surface area contributed by atoms with Gasteiger partial charge in [-0.3, -0.25) is 4.99 Å². The van der Waals surface area contributed by atoms with E-state index >= 15 is 0 Å². The molecule has 21 heavy (non-hydrogen) atoms. The Morgan fingerprint density at radius 3 is 2.95 bits per heavy atom. The highest BCUT2D eigenvalue weighted by molar-refractivity contribution is 14.1. The van der Waals surface area contributed by atoms with Crippen molar-refractivity contribution in [1.82, 2.24) is 9.97 Å². The first-order valence-corrected chi connectivity index (χ1v) is 7.41. The van der Waals surface area contributed by atoms with E-state index in [1.807, 2.05) is 0 Å². The van der Waals surface area contributed by atoms with Gasteiger partial charge in [0.2, 0.25) is 5.88 Å². The highest BCUT2D eigenvalue weighted by Crippen LogP contribution is 2.28. The lowest BCUT2D eigenvalue weighted by molar-refractivity contribution is -0.0149. The molecule has 0 saturated carbocycles. The van der Waals surface area contributed by atoms with E-state index < -0.39 is 18.4 Å². The molecule has 2 heterocycles. The van der Waals surface area contributed by atoms with Gasteiger partial charge in [0.15, 0.2) is 0 Å². The Kier molecular flexibility index (Phi) is 5.67. The molecule has 8 nitrogen and oxygen atoms in total. The van der Waals surface area contributed by atoms with Crippen LogP contribution in [-0.2, 0) is 4.74 Å². The first kappa shape index (κ1) is 16.3. The van der Waals surface area contributed by atoms with Crippen LogP contribution in [0.15, 0.2) is 11.3 Å². The summed E-state index contributed by atoms with van der Waals surface area (Å²) in [5, 5.41) is 21.9. The molecule has 1 unspecified atom stereocenters. The summed E-state index contributed by atoms with van der Waals surface area (Å²) in [7, 11) is 3.18. The molecule has 0 amide bonds. The number of aliphatic imine (C=N–C) groups is 1. The van der Waals surface area contributed by atoms with Crippen LogP contribution in [0.3, 0.4) is 0 Å². The summed E-state index contributed by atoms with van der Waals surface area (Å²) in [4.78, 5) is 12.4. The van der Waals surface area contributed by atoms with Crippen molar-refractivity contribution in [3.63, 3.8) is 0 Å². The fraction of sp³-hybridized carbons (Fsp3) is 0.583. The first-order chi connectivity index (χ1) is 10.1. The molecular weight excluding hydrogens is 391 g/mol. The van der Waals surface area contributed by atoms with Crippen LogP contribution >= 0.6 is 22.6 Å². The molecule has 9 heteroatoms. The van der Waals surface area contributed by atoms with Gasteiger partial charge < -0.3 is 25.0 Å². The van der Waals surface area contributed by atoms with Gasteiger partial charge in [-0.15, -0.1) is 0 Å². The molecule has 3 N–H and O–H groups in total. The third kappa shape index (κ3) is 3.59. The molecule has 0 aromatic carbocycles. The van der Waals surface area contributed by atoms with Gasteiger partial charge in [0.05, 0.1) is 19.8 Å². The Morgan fingerprint density at radius 1 is 1.62 bits per heavy atom. The van der Waals surface area contributed by atoms with Gasteiger partial charge >= 0.3 is 0 Å². The van der Waals surface area contributed by atoms with Gasteiger partial charge in [-0.2, -0.15) is 0 Å². The summed E-state index contributed by atoms with van der Waals surface area (Å²) >= 11 is 2.07. The van der Waals surface area contributed by atoms with E-state index in [0.717, 1.165) is 0 Å². The first-order valence-electron chi connectivity index (χ1n) is 6.33. The average molecular weight is 408 g/mol. The number of hydrogen-bond donors (Lipinski definition) is 3. The van der Waals surface area contributed by atoms with Crippen LogP contribution in [0, 0.1) is 0 Å². The lowest BCUT2D eigenvalue weighted by atomic mass is 10.2. The minimum Gasteiger partial charge on any atom is -0.480 e. The Morgan fingerprint density at radius 2 is 2.38 bits per heavy atom. The zero-order valence-corrected chi connectivity index (χ0v) is 13.8.